The lowest BCUT2D eigenvalue weighted by Gasteiger charge is -2.19. The van der Waals surface area contributed by atoms with E-state index in [1.165, 1.54) is 28.4 Å². The Morgan fingerprint density at radius 2 is 2.38 bits per heavy atom. The summed E-state index contributed by atoms with van der Waals surface area (Å²) >= 11 is 2.90. The predicted octanol–water partition coefficient (Wildman–Crippen LogP) is 0.336. The number of rotatable bonds is 3. The number of aliphatic carboxylic acids is 1. The van der Waals surface area contributed by atoms with Gasteiger partial charge < -0.3 is 10.0 Å². The third kappa shape index (κ3) is 2.54. The molecule has 1 saturated heterocycles. The second-order valence-corrected chi connectivity index (χ2v) is 4.52. The van der Waals surface area contributed by atoms with E-state index in [4.69, 9.17) is 5.11 Å². The van der Waals surface area contributed by atoms with E-state index in [0.29, 0.717) is 17.4 Å². The summed E-state index contributed by atoms with van der Waals surface area (Å²) in [5, 5.41) is 8.79. The van der Waals surface area contributed by atoms with E-state index < -0.39 is 12.0 Å². The fraction of sp³-hybridized carbons (Fsp3) is 0.714. The zero-order valence-electron chi connectivity index (χ0n) is 7.23. The van der Waals surface area contributed by atoms with Gasteiger partial charge in [-0.2, -0.15) is 11.8 Å². The van der Waals surface area contributed by atoms with Crippen molar-refractivity contribution in [3.05, 3.63) is 0 Å². The largest absolute Gasteiger partial charge is 0.480 e. The third-order valence-electron chi connectivity index (χ3n) is 1.76. The summed E-state index contributed by atoms with van der Waals surface area (Å²) in [6.07, 6.45) is 1.83. The van der Waals surface area contributed by atoms with Gasteiger partial charge in [0, 0.05) is 5.75 Å². The topological polar surface area (TPSA) is 57.6 Å². The predicted molar refractivity (Wildman–Crippen MR) is 54.0 cm³/mol. The maximum atomic E-state index is 11.4. The molecule has 0 aromatic carbocycles. The highest BCUT2D eigenvalue weighted by molar-refractivity contribution is 7.99. The van der Waals surface area contributed by atoms with Crippen LogP contribution in [0.3, 0.4) is 0 Å². The van der Waals surface area contributed by atoms with Gasteiger partial charge in [0.05, 0.1) is 11.6 Å². The van der Waals surface area contributed by atoms with E-state index >= 15 is 0 Å². The quantitative estimate of drug-likeness (QED) is 0.744. The summed E-state index contributed by atoms with van der Waals surface area (Å²) in [5.41, 5.74) is 0. The normalized spacial score (nSPS) is 21.9. The Labute approximate surface area is 85.0 Å². The number of thioether (sulfide) groups is 2. The van der Waals surface area contributed by atoms with Crippen molar-refractivity contribution in [3.8, 4) is 0 Å². The smallest absolute Gasteiger partial charge is 0.327 e. The molecule has 0 aromatic rings. The first-order valence-corrected chi connectivity index (χ1v) is 6.30. The number of hydrogen-bond acceptors (Lipinski definition) is 4. The van der Waals surface area contributed by atoms with Crippen molar-refractivity contribution in [2.24, 2.45) is 0 Å². The SMILES string of the molecule is CSCC(=O)N1CSC[C@H]1C(=O)O. The summed E-state index contributed by atoms with van der Waals surface area (Å²) < 4.78 is 0. The fourth-order valence-corrected chi connectivity index (χ4v) is 2.68. The Kier molecular flexibility index (Phi) is 3.92. The van der Waals surface area contributed by atoms with Crippen molar-refractivity contribution in [1.29, 1.82) is 0 Å². The molecule has 1 amide bonds. The van der Waals surface area contributed by atoms with Crippen LogP contribution in [0.25, 0.3) is 0 Å². The van der Waals surface area contributed by atoms with Gasteiger partial charge in [-0.05, 0) is 6.26 Å². The molecule has 0 aliphatic carbocycles. The molecule has 13 heavy (non-hydrogen) atoms. The lowest BCUT2D eigenvalue weighted by Crippen LogP contribution is -2.42. The van der Waals surface area contributed by atoms with Gasteiger partial charge in [0.25, 0.3) is 0 Å². The molecule has 1 atom stereocenters. The molecule has 0 unspecified atom stereocenters. The first kappa shape index (κ1) is 10.7. The number of hydrogen-bond donors (Lipinski definition) is 1. The minimum atomic E-state index is -0.903. The Hall–Kier alpha value is -0.360. The van der Waals surface area contributed by atoms with E-state index in [0.717, 1.165) is 0 Å². The summed E-state index contributed by atoms with van der Waals surface area (Å²) in [6, 6.07) is -0.621. The molecule has 0 spiro atoms. The van der Waals surface area contributed by atoms with E-state index in [2.05, 4.69) is 0 Å². The van der Waals surface area contributed by atoms with Crippen LogP contribution < -0.4 is 0 Å². The molecule has 1 aliphatic rings. The van der Waals surface area contributed by atoms with E-state index in [-0.39, 0.29) is 5.91 Å². The first-order chi connectivity index (χ1) is 6.16. The Morgan fingerprint density at radius 3 is 2.92 bits per heavy atom. The molecule has 0 radical (unpaired) electrons. The highest BCUT2D eigenvalue weighted by atomic mass is 32.2. The lowest BCUT2D eigenvalue weighted by atomic mass is 10.3. The van der Waals surface area contributed by atoms with Gasteiger partial charge in [-0.1, -0.05) is 0 Å². The molecule has 0 aromatic heterocycles. The molecule has 4 nitrogen and oxygen atoms in total. The van der Waals surface area contributed by atoms with Crippen molar-refractivity contribution in [2.75, 3.05) is 23.6 Å². The number of carbonyl (C=O) groups is 2. The molecule has 0 bridgehead atoms. The Balaban J connectivity index is 2.57. The van der Waals surface area contributed by atoms with Crippen molar-refractivity contribution in [2.45, 2.75) is 6.04 Å². The van der Waals surface area contributed by atoms with Crippen LogP contribution in [-0.4, -0.2) is 51.6 Å². The minimum Gasteiger partial charge on any atom is -0.480 e. The van der Waals surface area contributed by atoms with Gasteiger partial charge in [-0.25, -0.2) is 4.79 Å². The lowest BCUT2D eigenvalue weighted by molar-refractivity contribution is -0.146. The Morgan fingerprint density at radius 1 is 1.69 bits per heavy atom. The average Bonchev–Trinajstić information content (AvgIpc) is 2.52. The monoisotopic (exact) mass is 221 g/mol. The summed E-state index contributed by atoms with van der Waals surface area (Å²) in [4.78, 5) is 23.5. The van der Waals surface area contributed by atoms with Crippen LogP contribution in [0.2, 0.25) is 0 Å². The molecule has 1 heterocycles. The standard InChI is InChI=1S/C7H11NO3S2/c1-12-3-6(9)8-4-13-2-5(8)7(10)11/h5H,2-4H2,1H3,(H,10,11)/t5-/m0/s1. The van der Waals surface area contributed by atoms with Crippen LogP contribution >= 0.6 is 23.5 Å². The third-order valence-corrected chi connectivity index (χ3v) is 3.30. The van der Waals surface area contributed by atoms with Crippen LogP contribution in [0.4, 0.5) is 0 Å². The molecule has 6 heteroatoms. The van der Waals surface area contributed by atoms with Crippen molar-refractivity contribution in [3.63, 3.8) is 0 Å². The molecule has 1 rings (SSSR count). The van der Waals surface area contributed by atoms with Crippen molar-refractivity contribution in [1.82, 2.24) is 4.90 Å². The summed E-state index contributed by atoms with van der Waals surface area (Å²) in [6.45, 7) is 0. The number of carboxylic acid groups (broad SMARTS) is 1. The molecule has 74 valence electrons. The van der Waals surface area contributed by atoms with E-state index in [1.807, 2.05) is 6.26 Å². The molecular weight excluding hydrogens is 210 g/mol. The second kappa shape index (κ2) is 4.76. The molecular formula is C7H11NO3S2. The number of amides is 1. The summed E-state index contributed by atoms with van der Waals surface area (Å²) in [5.74, 6) is 0.403. The van der Waals surface area contributed by atoms with Gasteiger partial charge >= 0.3 is 5.97 Å². The molecule has 1 N–H and O–H groups in total. The first-order valence-electron chi connectivity index (χ1n) is 3.75. The van der Waals surface area contributed by atoms with Crippen LogP contribution in [-0.2, 0) is 9.59 Å². The number of nitrogens with zero attached hydrogens (tertiary/aromatic N) is 1. The van der Waals surface area contributed by atoms with Gasteiger partial charge in [-0.15, -0.1) is 11.8 Å². The van der Waals surface area contributed by atoms with Gasteiger partial charge in [0.2, 0.25) is 5.91 Å². The van der Waals surface area contributed by atoms with Crippen molar-refractivity contribution < 1.29 is 14.7 Å². The zero-order valence-corrected chi connectivity index (χ0v) is 8.86. The van der Waals surface area contributed by atoms with Gasteiger partial charge in [0.15, 0.2) is 0 Å². The number of carboxylic acids is 1. The van der Waals surface area contributed by atoms with Crippen LogP contribution in [0.15, 0.2) is 0 Å². The van der Waals surface area contributed by atoms with Gasteiger partial charge in [-0.3, -0.25) is 4.79 Å². The van der Waals surface area contributed by atoms with Crippen LogP contribution in [0.1, 0.15) is 0 Å². The maximum Gasteiger partial charge on any atom is 0.327 e. The van der Waals surface area contributed by atoms with Crippen molar-refractivity contribution >= 4 is 35.4 Å². The van der Waals surface area contributed by atoms with E-state index in [1.54, 1.807) is 0 Å². The highest BCUT2D eigenvalue weighted by Crippen LogP contribution is 2.21. The molecule has 1 aliphatic heterocycles. The summed E-state index contributed by atoms with van der Waals surface area (Å²) in [7, 11) is 0. The maximum absolute atomic E-state index is 11.4. The highest BCUT2D eigenvalue weighted by Gasteiger charge is 2.33. The van der Waals surface area contributed by atoms with Crippen LogP contribution in [0.5, 0.6) is 0 Å². The van der Waals surface area contributed by atoms with Gasteiger partial charge in [0.1, 0.15) is 6.04 Å². The molecule has 0 saturated carbocycles. The Bertz CT molecular complexity index is 222. The minimum absolute atomic E-state index is 0.0788. The fourth-order valence-electron chi connectivity index (χ4n) is 1.10. The number of carbonyl (C=O) groups excluding carboxylic acids is 1. The average molecular weight is 221 g/mol. The van der Waals surface area contributed by atoms with Crippen LogP contribution in [0, 0.1) is 0 Å². The van der Waals surface area contributed by atoms with E-state index in [9.17, 15) is 9.59 Å². The molecule has 1 fully saturated rings. The second-order valence-electron chi connectivity index (χ2n) is 2.65. The zero-order chi connectivity index (χ0) is 9.84.